The van der Waals surface area contributed by atoms with E-state index in [4.69, 9.17) is 0 Å². The molecule has 2 aromatic heterocycles. The first-order valence-corrected chi connectivity index (χ1v) is 16.1. The Morgan fingerprint density at radius 3 is 2.24 bits per heavy atom. The summed E-state index contributed by atoms with van der Waals surface area (Å²) in [6.07, 6.45) is 1.30. The van der Waals surface area contributed by atoms with Crippen molar-refractivity contribution < 1.29 is 32.7 Å². The number of amides is 2. The van der Waals surface area contributed by atoms with Crippen LogP contribution in [0, 0.1) is 11.8 Å². The number of hydrogen-bond acceptors (Lipinski definition) is 6. The Labute approximate surface area is 269 Å². The third kappa shape index (κ3) is 7.66. The zero-order valence-corrected chi connectivity index (χ0v) is 26.7. The van der Waals surface area contributed by atoms with Gasteiger partial charge in [0.1, 0.15) is 6.04 Å². The maximum atomic E-state index is 13.7. The first kappa shape index (κ1) is 33.3. The number of carboxylic acid groups (broad SMARTS) is 1. The quantitative estimate of drug-likeness (QED) is 0.270. The Morgan fingerprint density at radius 1 is 1.02 bits per heavy atom. The summed E-state index contributed by atoms with van der Waals surface area (Å²) in [6, 6.07) is 10.1. The topological polar surface area (TPSA) is 112 Å². The lowest BCUT2D eigenvalue weighted by atomic mass is 9.85. The zero-order chi connectivity index (χ0) is 33.2. The van der Waals surface area contributed by atoms with Crippen LogP contribution < -0.4 is 5.32 Å². The smallest absolute Gasteiger partial charge is 0.310 e. The molecule has 1 fully saturated rings. The van der Waals surface area contributed by atoms with Crippen LogP contribution in [0.5, 0.6) is 0 Å². The van der Waals surface area contributed by atoms with Gasteiger partial charge in [-0.2, -0.15) is 0 Å². The second-order valence-electron chi connectivity index (χ2n) is 13.0. The van der Waals surface area contributed by atoms with Gasteiger partial charge in [0.25, 0.3) is 12.3 Å². The molecule has 3 aromatic rings. The number of nitrogens with one attached hydrogen (secondary N) is 1. The van der Waals surface area contributed by atoms with Crippen LogP contribution in [0.1, 0.15) is 65.7 Å². The molecule has 2 N–H and O–H groups in total. The van der Waals surface area contributed by atoms with Gasteiger partial charge in [0.2, 0.25) is 5.91 Å². The summed E-state index contributed by atoms with van der Waals surface area (Å²) in [5.41, 5.74) is 3.07. The van der Waals surface area contributed by atoms with Crippen molar-refractivity contribution in [1.82, 2.24) is 20.2 Å². The van der Waals surface area contributed by atoms with Gasteiger partial charge >= 0.3 is 5.97 Å². The van der Waals surface area contributed by atoms with E-state index in [1.807, 2.05) is 30.3 Å². The number of likely N-dealkylation sites (tertiary alicyclic amines) is 1. The standard InChI is InChI=1S/C34H37F3N4O4S/c1-34(2,3)27-13-12-26(46-27)31(42)40-25(32(43)41-17-24(18-41)33(44)45)14-19-4-6-22(7-5-19)30-38-15-23(16-39-30)20-8-10-21(11-9-20)28(35)29(36)37/h4-8,12-13,15-16,21,24-25,28-29H,9-11,14,17-18H2,1-3H3,(H,40,42)(H,44,45)/t21?,25-,28?/m0/s1. The number of carbonyl (C=O) groups excluding carboxylic acids is 2. The minimum Gasteiger partial charge on any atom is -0.481 e. The van der Waals surface area contributed by atoms with E-state index in [1.165, 1.54) is 16.2 Å². The van der Waals surface area contributed by atoms with E-state index in [-0.39, 0.29) is 43.2 Å². The number of halogens is 3. The second kappa shape index (κ2) is 13.7. The highest BCUT2D eigenvalue weighted by Gasteiger charge is 2.39. The third-order valence-corrected chi connectivity index (χ3v) is 10.0. The fourth-order valence-electron chi connectivity index (χ4n) is 5.61. The number of carbonyl (C=O) groups is 3. The summed E-state index contributed by atoms with van der Waals surface area (Å²) in [4.78, 5) is 49.9. The first-order valence-electron chi connectivity index (χ1n) is 15.3. The monoisotopic (exact) mass is 654 g/mol. The van der Waals surface area contributed by atoms with Crippen LogP contribution in [0.15, 0.2) is 54.9 Å². The summed E-state index contributed by atoms with van der Waals surface area (Å²) in [5.74, 6) is -2.47. The van der Waals surface area contributed by atoms with E-state index in [0.717, 1.165) is 27.1 Å². The fraction of sp³-hybridized carbons (Fsp3) is 0.441. The van der Waals surface area contributed by atoms with Crippen molar-refractivity contribution >= 4 is 34.7 Å². The number of alkyl halides is 3. The highest BCUT2D eigenvalue weighted by molar-refractivity contribution is 7.14. The molecule has 1 aromatic carbocycles. The summed E-state index contributed by atoms with van der Waals surface area (Å²) in [5, 5.41) is 12.1. The number of aromatic nitrogens is 2. The molecule has 46 heavy (non-hydrogen) atoms. The van der Waals surface area contributed by atoms with Gasteiger partial charge in [-0.05, 0) is 53.9 Å². The summed E-state index contributed by atoms with van der Waals surface area (Å²) in [6.45, 7) is 6.38. The predicted octanol–water partition coefficient (Wildman–Crippen LogP) is 6.17. The van der Waals surface area contributed by atoms with E-state index in [9.17, 15) is 32.7 Å². The maximum Gasteiger partial charge on any atom is 0.310 e. The third-order valence-electron chi connectivity index (χ3n) is 8.53. The van der Waals surface area contributed by atoms with Crippen molar-refractivity contribution in [3.63, 3.8) is 0 Å². The molecule has 0 spiro atoms. The van der Waals surface area contributed by atoms with Crippen molar-refractivity contribution in [1.29, 1.82) is 0 Å². The Kier molecular flexibility index (Phi) is 9.95. The molecule has 0 radical (unpaired) electrons. The van der Waals surface area contributed by atoms with Gasteiger partial charge in [-0.25, -0.2) is 23.1 Å². The molecule has 0 bridgehead atoms. The van der Waals surface area contributed by atoms with Gasteiger partial charge in [-0.3, -0.25) is 14.4 Å². The van der Waals surface area contributed by atoms with Gasteiger partial charge in [-0.1, -0.05) is 51.1 Å². The van der Waals surface area contributed by atoms with Crippen LogP contribution in [-0.2, 0) is 21.4 Å². The number of nitrogens with zero attached hydrogens (tertiary/aromatic N) is 3. The predicted molar refractivity (Wildman–Crippen MR) is 169 cm³/mol. The molecule has 1 saturated heterocycles. The van der Waals surface area contributed by atoms with E-state index in [2.05, 4.69) is 36.1 Å². The van der Waals surface area contributed by atoms with Gasteiger partial charge in [0.05, 0.1) is 10.8 Å². The highest BCUT2D eigenvalue weighted by Crippen LogP contribution is 2.34. The summed E-state index contributed by atoms with van der Waals surface area (Å²) in [7, 11) is 0. The van der Waals surface area contributed by atoms with Crippen LogP contribution in [-0.4, -0.2) is 69.5 Å². The van der Waals surface area contributed by atoms with Crippen LogP contribution >= 0.6 is 11.3 Å². The Bertz CT molecular complexity index is 1600. The lowest BCUT2D eigenvalue weighted by Gasteiger charge is -2.38. The number of aliphatic carboxylic acids is 1. The van der Waals surface area contributed by atoms with E-state index in [0.29, 0.717) is 23.5 Å². The molecule has 3 heterocycles. The number of thiophene rings is 1. The van der Waals surface area contributed by atoms with Crippen molar-refractivity contribution in [2.45, 2.75) is 70.5 Å². The molecule has 244 valence electrons. The highest BCUT2D eigenvalue weighted by atomic mass is 32.1. The van der Waals surface area contributed by atoms with Crippen LogP contribution in [0.4, 0.5) is 13.2 Å². The second-order valence-corrected chi connectivity index (χ2v) is 14.0. The maximum absolute atomic E-state index is 13.7. The molecule has 2 unspecified atom stereocenters. The van der Waals surface area contributed by atoms with Crippen LogP contribution in [0.25, 0.3) is 17.0 Å². The molecule has 8 nitrogen and oxygen atoms in total. The Balaban J connectivity index is 1.26. The number of carboxylic acids is 1. The number of benzene rings is 1. The lowest BCUT2D eigenvalue weighted by Crippen LogP contribution is -2.59. The Morgan fingerprint density at radius 2 is 1.70 bits per heavy atom. The van der Waals surface area contributed by atoms with Crippen molar-refractivity contribution in [3.05, 3.63) is 75.7 Å². The van der Waals surface area contributed by atoms with Gasteiger partial charge in [-0.15, -0.1) is 11.3 Å². The molecule has 2 amide bonds. The average molecular weight is 655 g/mol. The molecule has 1 aliphatic heterocycles. The van der Waals surface area contributed by atoms with Gasteiger partial charge < -0.3 is 15.3 Å². The number of rotatable bonds is 10. The minimum atomic E-state index is -2.97. The molecular formula is C34H37F3N4O4S. The van der Waals surface area contributed by atoms with E-state index in [1.54, 1.807) is 24.5 Å². The summed E-state index contributed by atoms with van der Waals surface area (Å²) >= 11 is 1.38. The molecule has 1 aliphatic carbocycles. The van der Waals surface area contributed by atoms with Crippen LogP contribution in [0.3, 0.4) is 0 Å². The molecule has 5 rings (SSSR count). The van der Waals surface area contributed by atoms with Gasteiger partial charge in [0.15, 0.2) is 12.0 Å². The summed E-state index contributed by atoms with van der Waals surface area (Å²) < 4.78 is 39.2. The fourth-order valence-corrected chi connectivity index (χ4v) is 6.57. The van der Waals surface area contributed by atoms with Crippen molar-refractivity contribution in [2.75, 3.05) is 13.1 Å². The molecule has 2 aliphatic rings. The number of allylic oxidation sites excluding steroid dienone is 2. The van der Waals surface area contributed by atoms with E-state index < -0.39 is 36.4 Å². The van der Waals surface area contributed by atoms with Crippen LogP contribution in [0.2, 0.25) is 0 Å². The van der Waals surface area contributed by atoms with Crippen molar-refractivity contribution in [2.24, 2.45) is 11.8 Å². The molecule has 12 heteroatoms. The molecular weight excluding hydrogens is 617 g/mol. The first-order chi connectivity index (χ1) is 21.8. The SMILES string of the molecule is CC(C)(C)c1ccc(C(=O)N[C@@H](Cc2ccc(-c3ncc(C4=CCC(C(F)C(F)F)CC4)cn3)cc2)C(=O)N2CC(C(=O)O)C2)s1. The average Bonchev–Trinajstić information content (AvgIpc) is 3.52. The van der Waals surface area contributed by atoms with E-state index >= 15 is 0 Å². The zero-order valence-electron chi connectivity index (χ0n) is 25.9. The molecule has 0 saturated carbocycles. The minimum absolute atomic E-state index is 0.101. The Hall–Kier alpha value is -4.06. The van der Waals surface area contributed by atoms with Crippen molar-refractivity contribution in [3.8, 4) is 11.4 Å². The normalized spacial score (nSPS) is 18.5. The van der Waals surface area contributed by atoms with Gasteiger partial charge in [0, 0.05) is 47.9 Å². The largest absolute Gasteiger partial charge is 0.481 e. The molecule has 3 atom stereocenters. The lowest BCUT2D eigenvalue weighted by molar-refractivity contribution is -0.153. The number of hydrogen-bond donors (Lipinski definition) is 2.